The third kappa shape index (κ3) is 9.75. The van der Waals surface area contributed by atoms with Crippen molar-refractivity contribution >= 4 is 56.8 Å². The van der Waals surface area contributed by atoms with E-state index in [-0.39, 0.29) is 18.6 Å². The Morgan fingerprint density at radius 3 is 1.33 bits per heavy atom. The Kier molecular flexibility index (Phi) is 13.8. The lowest BCUT2D eigenvalue weighted by atomic mass is 9.78. The first-order valence-corrected chi connectivity index (χ1v) is 24.7. The van der Waals surface area contributed by atoms with Crippen molar-refractivity contribution in [3.8, 4) is 51.7 Å². The van der Waals surface area contributed by atoms with Crippen molar-refractivity contribution in [3.63, 3.8) is 0 Å². The molecule has 6 aromatic carbocycles. The molecule has 0 bridgehead atoms. The number of benzene rings is 6. The minimum absolute atomic E-state index is 0.212. The molecule has 12 heteroatoms. The normalized spacial score (nSPS) is 17.5. The molecule has 0 N–H and O–H groups in total. The van der Waals surface area contributed by atoms with E-state index in [2.05, 4.69) is 60.7 Å². The number of allylic oxidation sites excluding steroid dienone is 1. The second kappa shape index (κ2) is 20.6. The first-order chi connectivity index (χ1) is 33.8. The molecule has 0 fully saturated rings. The summed E-state index contributed by atoms with van der Waals surface area (Å²) in [4.78, 5) is 3.07. The Hall–Kier alpha value is -6.47. The van der Waals surface area contributed by atoms with Crippen LogP contribution in [-0.4, -0.2) is 54.8 Å². The highest BCUT2D eigenvalue weighted by molar-refractivity contribution is 7.81. The maximum absolute atomic E-state index is 5.83. The van der Waals surface area contributed by atoms with Gasteiger partial charge in [0, 0.05) is 52.7 Å². The van der Waals surface area contributed by atoms with E-state index in [1.54, 1.807) is 0 Å². The molecule has 12 rings (SSSR count). The van der Waals surface area contributed by atoms with E-state index in [0.717, 1.165) is 115 Å². The molecule has 352 valence electrons. The van der Waals surface area contributed by atoms with Crippen molar-refractivity contribution in [3.05, 3.63) is 165 Å². The molecule has 69 heavy (non-hydrogen) atoms. The maximum Gasteiger partial charge on any atom is 0.231 e. The first-order valence-electron chi connectivity index (χ1n) is 23.5. The number of fused-ring (bicyclic) bond motifs is 6. The third-order valence-corrected chi connectivity index (χ3v) is 13.8. The Balaban J connectivity index is 0.000000120. The monoisotopic (exact) mass is 976 g/mol. The molecule has 6 aromatic rings. The Bertz CT molecular complexity index is 2870. The largest absolute Gasteiger partial charge is 0.494 e. The van der Waals surface area contributed by atoms with E-state index in [9.17, 15) is 0 Å². The minimum atomic E-state index is 0.212. The lowest BCUT2D eigenvalue weighted by Gasteiger charge is -2.28. The molecule has 3 heterocycles. The van der Waals surface area contributed by atoms with Crippen molar-refractivity contribution in [2.24, 2.45) is 0 Å². The average Bonchev–Trinajstić information content (AvgIpc) is 4.14. The number of ether oxygens (including phenoxy) is 9. The van der Waals surface area contributed by atoms with Gasteiger partial charge in [-0.05, 0) is 143 Å². The van der Waals surface area contributed by atoms with Crippen molar-refractivity contribution in [1.82, 2.24) is 0 Å². The highest BCUT2D eigenvalue weighted by Crippen LogP contribution is 2.47. The first kappa shape index (κ1) is 46.3. The highest BCUT2D eigenvalue weighted by Gasteiger charge is 2.32. The fraction of sp³-hybridized carbons (Fsp3) is 0.281. The molecule has 0 aromatic heterocycles. The molecule has 0 saturated carbocycles. The Labute approximate surface area is 419 Å². The highest BCUT2D eigenvalue weighted by atomic mass is 32.1. The van der Waals surface area contributed by atoms with E-state index in [4.69, 9.17) is 79.3 Å². The molecule has 6 aliphatic rings. The van der Waals surface area contributed by atoms with Gasteiger partial charge in [0.2, 0.25) is 20.4 Å². The summed E-state index contributed by atoms with van der Waals surface area (Å²) in [6, 6.07) is 37.0. The van der Waals surface area contributed by atoms with Gasteiger partial charge in [0.1, 0.15) is 17.2 Å². The maximum atomic E-state index is 5.83. The van der Waals surface area contributed by atoms with E-state index in [1.807, 2.05) is 75.4 Å². The van der Waals surface area contributed by atoms with E-state index in [1.165, 1.54) is 38.9 Å². The lowest BCUT2D eigenvalue weighted by Crippen LogP contribution is -2.18. The van der Waals surface area contributed by atoms with Crippen LogP contribution < -0.4 is 42.6 Å². The Morgan fingerprint density at radius 1 is 0.435 bits per heavy atom. The SMILES string of the molecule is CCOc1ccccc1C1=CC(=S)Cc2cc3c(cc21)OCO3.CCOc1ccccc1[C@@H]1CC(=S)Cc2cc3c(cc21)OCO3.CCOc1ccccc1[C@H]1CC(=S)Cc2cc3c(cc21)OCO3. The summed E-state index contributed by atoms with van der Waals surface area (Å²) >= 11 is 16.7. The number of para-hydroxylation sites is 3. The molecule has 3 aliphatic heterocycles. The van der Waals surface area contributed by atoms with Gasteiger partial charge in [-0.15, -0.1) is 0 Å². The van der Waals surface area contributed by atoms with Gasteiger partial charge in [-0.25, -0.2) is 0 Å². The van der Waals surface area contributed by atoms with Crippen LogP contribution in [0, 0.1) is 0 Å². The van der Waals surface area contributed by atoms with Crippen LogP contribution in [0.4, 0.5) is 0 Å². The molecule has 2 atom stereocenters. The van der Waals surface area contributed by atoms with Gasteiger partial charge in [-0.3, -0.25) is 0 Å². The predicted octanol–water partition coefficient (Wildman–Crippen LogP) is 12.7. The second-order valence-corrected chi connectivity index (χ2v) is 18.9. The van der Waals surface area contributed by atoms with Crippen LogP contribution in [0.3, 0.4) is 0 Å². The van der Waals surface area contributed by atoms with Gasteiger partial charge in [0.05, 0.1) is 19.8 Å². The Morgan fingerprint density at radius 2 is 0.841 bits per heavy atom. The summed E-state index contributed by atoms with van der Waals surface area (Å²) in [5.41, 5.74) is 11.8. The predicted molar refractivity (Wildman–Crippen MR) is 279 cm³/mol. The smallest absolute Gasteiger partial charge is 0.231 e. The fourth-order valence-corrected chi connectivity index (χ4v) is 10.8. The van der Waals surface area contributed by atoms with Crippen LogP contribution in [0.25, 0.3) is 5.57 Å². The zero-order chi connectivity index (χ0) is 47.4. The molecule has 3 aliphatic carbocycles. The van der Waals surface area contributed by atoms with Crippen LogP contribution in [0.5, 0.6) is 51.7 Å². The molecule has 0 radical (unpaired) electrons. The van der Waals surface area contributed by atoms with Gasteiger partial charge in [0.15, 0.2) is 34.5 Å². The standard InChI is InChI=1S/2C19H18O3S.C19H16O3S/c3*1-2-20-17-6-4-3-5-14(17)16-9-13(23)7-12-8-18-19(10-15(12)16)22-11-21-18/h2*3-6,8,10,16H,2,7,9,11H2,1H3;3-6,8-10H,2,7,11H2,1H3/t2*16-;/m10./s1. The van der Waals surface area contributed by atoms with Crippen LogP contribution in [-0.2, 0) is 19.3 Å². The van der Waals surface area contributed by atoms with Crippen molar-refractivity contribution in [1.29, 1.82) is 0 Å². The molecular weight excluding hydrogens is 925 g/mol. The number of hydrogen-bond acceptors (Lipinski definition) is 12. The molecule has 9 nitrogen and oxygen atoms in total. The number of thiocarbonyl (C=S) groups is 3. The quantitative estimate of drug-likeness (QED) is 0.129. The van der Waals surface area contributed by atoms with Gasteiger partial charge in [-0.1, -0.05) is 91.3 Å². The number of rotatable bonds is 9. The van der Waals surface area contributed by atoms with Crippen molar-refractivity contribution in [2.75, 3.05) is 40.2 Å². The van der Waals surface area contributed by atoms with Gasteiger partial charge < -0.3 is 42.6 Å². The van der Waals surface area contributed by atoms with E-state index >= 15 is 0 Å². The lowest BCUT2D eigenvalue weighted by molar-refractivity contribution is 0.173. The third-order valence-electron chi connectivity index (χ3n) is 12.9. The summed E-state index contributed by atoms with van der Waals surface area (Å²) in [6.45, 7) is 8.81. The average molecular weight is 977 g/mol. The van der Waals surface area contributed by atoms with E-state index < -0.39 is 0 Å². The minimum Gasteiger partial charge on any atom is -0.494 e. The molecule has 0 spiro atoms. The molecule has 0 unspecified atom stereocenters. The van der Waals surface area contributed by atoms with Crippen LogP contribution in [0.2, 0.25) is 0 Å². The summed E-state index contributed by atoms with van der Waals surface area (Å²) < 4.78 is 50.7. The molecule has 0 saturated heterocycles. The number of hydrogen-bond donors (Lipinski definition) is 0. The van der Waals surface area contributed by atoms with Crippen LogP contribution in [0.15, 0.2) is 115 Å². The fourth-order valence-electron chi connectivity index (χ4n) is 9.92. The van der Waals surface area contributed by atoms with Crippen LogP contribution >= 0.6 is 36.7 Å². The molecule has 0 amide bonds. The van der Waals surface area contributed by atoms with Crippen molar-refractivity contribution in [2.45, 2.75) is 64.7 Å². The van der Waals surface area contributed by atoms with Crippen molar-refractivity contribution < 1.29 is 42.6 Å². The zero-order valence-corrected chi connectivity index (χ0v) is 41.3. The zero-order valence-electron chi connectivity index (χ0n) is 38.8. The van der Waals surface area contributed by atoms with E-state index in [0.29, 0.717) is 33.4 Å². The summed E-state index contributed by atoms with van der Waals surface area (Å²) in [6.07, 6.45) is 6.21. The van der Waals surface area contributed by atoms with Gasteiger partial charge in [-0.2, -0.15) is 0 Å². The van der Waals surface area contributed by atoms with Gasteiger partial charge in [0.25, 0.3) is 0 Å². The molecular formula is C57H52O9S3. The topological polar surface area (TPSA) is 83.1 Å². The summed E-state index contributed by atoms with van der Waals surface area (Å²) in [5, 5.41) is 0. The van der Waals surface area contributed by atoms with Gasteiger partial charge >= 0.3 is 0 Å². The summed E-state index contributed by atoms with van der Waals surface area (Å²) in [7, 11) is 0. The van der Waals surface area contributed by atoms with Crippen LogP contribution in [0.1, 0.15) is 95.5 Å². The second-order valence-electron chi connectivity index (χ2n) is 17.2. The summed E-state index contributed by atoms with van der Waals surface area (Å²) in [5.74, 6) is 8.06.